The second kappa shape index (κ2) is 10.1. The third kappa shape index (κ3) is 6.49. The van der Waals surface area contributed by atoms with Gasteiger partial charge in [-0.2, -0.15) is 0 Å². The summed E-state index contributed by atoms with van der Waals surface area (Å²) in [6.07, 6.45) is 2.93. The highest BCUT2D eigenvalue weighted by atomic mass is 35.5. The molecule has 2 amide bonds. The molecule has 136 valence electrons. The second-order valence-corrected chi connectivity index (χ2v) is 5.50. The number of nitrogens with one attached hydrogen (secondary N) is 2. The Balaban J connectivity index is 1.73. The van der Waals surface area contributed by atoms with Gasteiger partial charge in [0.05, 0.1) is 11.6 Å². The van der Waals surface area contributed by atoms with Crippen LogP contribution in [0.15, 0.2) is 54.6 Å². The van der Waals surface area contributed by atoms with Gasteiger partial charge in [-0.3, -0.25) is 20.4 Å². The Bertz CT molecular complexity index is 775. The topological polar surface area (TPSA) is 76.7 Å². The number of benzene rings is 2. The number of amides is 2. The van der Waals surface area contributed by atoms with Crippen molar-refractivity contribution in [2.75, 3.05) is 13.2 Å². The summed E-state index contributed by atoms with van der Waals surface area (Å²) < 4.78 is 10.6. The van der Waals surface area contributed by atoms with Crippen molar-refractivity contribution >= 4 is 29.5 Å². The molecule has 2 aromatic rings. The van der Waals surface area contributed by atoms with Gasteiger partial charge in [-0.05, 0) is 42.8 Å². The van der Waals surface area contributed by atoms with Gasteiger partial charge < -0.3 is 9.47 Å². The molecule has 7 heteroatoms. The lowest BCUT2D eigenvalue weighted by atomic mass is 10.2. The minimum absolute atomic E-state index is 0.271. The summed E-state index contributed by atoms with van der Waals surface area (Å²) >= 11 is 5.92. The fraction of sp³-hybridized carbons (Fsp3) is 0.158. The number of ether oxygens (including phenoxy) is 2. The smallest absolute Gasteiger partial charge is 0.276 e. The Morgan fingerprint density at radius 2 is 1.77 bits per heavy atom. The van der Waals surface area contributed by atoms with Crippen LogP contribution in [0.5, 0.6) is 11.5 Å². The molecule has 0 heterocycles. The summed E-state index contributed by atoms with van der Waals surface area (Å²) in [5, 5.41) is 0.405. The van der Waals surface area contributed by atoms with Crippen molar-refractivity contribution in [1.82, 2.24) is 10.9 Å². The maximum absolute atomic E-state index is 11.7. The average molecular weight is 375 g/mol. The highest BCUT2D eigenvalue weighted by Crippen LogP contribution is 2.22. The molecule has 2 rings (SSSR count). The van der Waals surface area contributed by atoms with Gasteiger partial charge in [-0.25, -0.2) is 0 Å². The van der Waals surface area contributed by atoms with E-state index in [9.17, 15) is 9.59 Å². The zero-order chi connectivity index (χ0) is 18.8. The number of hydrogen-bond acceptors (Lipinski definition) is 4. The van der Waals surface area contributed by atoms with Gasteiger partial charge in [-0.15, -0.1) is 0 Å². The molecule has 0 bridgehead atoms. The standard InChI is InChI=1S/C19H19ClN2O4/c1-2-25-15-10-7-14(8-11-15)9-12-18(23)21-22-19(24)13-26-17-6-4-3-5-16(17)20/h3-12H,2,13H2,1H3,(H,21,23)(H,22,24)/b12-9+. The highest BCUT2D eigenvalue weighted by Gasteiger charge is 2.05. The van der Waals surface area contributed by atoms with Crippen LogP contribution >= 0.6 is 11.6 Å². The number of rotatable bonds is 7. The predicted octanol–water partition coefficient (Wildman–Crippen LogP) is 2.98. The zero-order valence-electron chi connectivity index (χ0n) is 14.2. The van der Waals surface area contributed by atoms with Crippen LogP contribution in [-0.4, -0.2) is 25.0 Å². The number of carbonyl (C=O) groups is 2. The summed E-state index contributed by atoms with van der Waals surface area (Å²) in [7, 11) is 0. The van der Waals surface area contributed by atoms with Crippen LogP contribution in [0, 0.1) is 0 Å². The van der Waals surface area contributed by atoms with E-state index in [4.69, 9.17) is 21.1 Å². The molecule has 0 aromatic heterocycles. The molecule has 0 atom stereocenters. The molecular weight excluding hydrogens is 356 g/mol. The molecule has 2 N–H and O–H groups in total. The van der Waals surface area contributed by atoms with E-state index < -0.39 is 11.8 Å². The van der Waals surface area contributed by atoms with E-state index in [0.717, 1.165) is 11.3 Å². The van der Waals surface area contributed by atoms with E-state index in [0.29, 0.717) is 17.4 Å². The molecule has 26 heavy (non-hydrogen) atoms. The number of carbonyl (C=O) groups excluding carboxylic acids is 2. The summed E-state index contributed by atoms with van der Waals surface area (Å²) in [4.78, 5) is 23.4. The van der Waals surface area contributed by atoms with Crippen molar-refractivity contribution in [1.29, 1.82) is 0 Å². The maximum Gasteiger partial charge on any atom is 0.276 e. The molecule has 0 saturated heterocycles. The van der Waals surface area contributed by atoms with Crippen molar-refractivity contribution in [3.05, 3.63) is 65.2 Å². The lowest BCUT2D eigenvalue weighted by Gasteiger charge is -2.08. The second-order valence-electron chi connectivity index (χ2n) is 5.09. The first-order valence-corrected chi connectivity index (χ1v) is 8.33. The Kier molecular flexibility index (Phi) is 7.51. The monoisotopic (exact) mass is 374 g/mol. The molecule has 0 aliphatic carbocycles. The third-order valence-electron chi connectivity index (χ3n) is 3.14. The average Bonchev–Trinajstić information content (AvgIpc) is 2.65. The normalized spacial score (nSPS) is 10.4. The molecule has 0 saturated carbocycles. The molecule has 6 nitrogen and oxygen atoms in total. The molecule has 0 aliphatic heterocycles. The Morgan fingerprint density at radius 3 is 2.46 bits per heavy atom. The minimum Gasteiger partial charge on any atom is -0.494 e. The van der Waals surface area contributed by atoms with Gasteiger partial charge >= 0.3 is 0 Å². The lowest BCUT2D eigenvalue weighted by Crippen LogP contribution is -2.43. The van der Waals surface area contributed by atoms with Crippen LogP contribution in [0.3, 0.4) is 0 Å². The quantitative estimate of drug-likeness (QED) is 0.577. The predicted molar refractivity (Wildman–Crippen MR) is 99.9 cm³/mol. The maximum atomic E-state index is 11.7. The number of hydrogen-bond donors (Lipinski definition) is 2. The Morgan fingerprint density at radius 1 is 1.04 bits per heavy atom. The molecule has 0 unspecified atom stereocenters. The Labute approximate surface area is 156 Å². The van der Waals surface area contributed by atoms with E-state index in [-0.39, 0.29) is 6.61 Å². The minimum atomic E-state index is -0.507. The van der Waals surface area contributed by atoms with E-state index in [1.54, 1.807) is 30.3 Å². The van der Waals surface area contributed by atoms with E-state index in [1.807, 2.05) is 31.2 Å². The van der Waals surface area contributed by atoms with Gasteiger partial charge in [0.15, 0.2) is 6.61 Å². The summed E-state index contributed by atoms with van der Waals surface area (Å²) in [6.45, 7) is 2.23. The Hall–Kier alpha value is -2.99. The van der Waals surface area contributed by atoms with Crippen LogP contribution in [0.25, 0.3) is 6.08 Å². The summed E-state index contributed by atoms with van der Waals surface area (Å²) in [5.74, 6) is 0.184. The van der Waals surface area contributed by atoms with E-state index >= 15 is 0 Å². The van der Waals surface area contributed by atoms with Gasteiger partial charge in [0.1, 0.15) is 11.5 Å². The molecule has 0 aliphatic rings. The van der Waals surface area contributed by atoms with E-state index in [1.165, 1.54) is 6.08 Å². The van der Waals surface area contributed by atoms with Crippen LogP contribution in [-0.2, 0) is 9.59 Å². The molecule has 0 spiro atoms. The molecular formula is C19H19ClN2O4. The van der Waals surface area contributed by atoms with Crippen LogP contribution < -0.4 is 20.3 Å². The highest BCUT2D eigenvalue weighted by molar-refractivity contribution is 6.32. The van der Waals surface area contributed by atoms with Crippen molar-refractivity contribution in [3.63, 3.8) is 0 Å². The van der Waals surface area contributed by atoms with E-state index in [2.05, 4.69) is 10.9 Å². The van der Waals surface area contributed by atoms with Crippen LogP contribution in [0.1, 0.15) is 12.5 Å². The lowest BCUT2D eigenvalue weighted by molar-refractivity contribution is -0.128. The molecule has 2 aromatic carbocycles. The molecule has 0 fully saturated rings. The summed E-state index contributed by atoms with van der Waals surface area (Å²) in [6, 6.07) is 14.1. The number of para-hydroxylation sites is 1. The van der Waals surface area contributed by atoms with Gasteiger partial charge in [0.25, 0.3) is 11.8 Å². The first kappa shape index (κ1) is 19.3. The van der Waals surface area contributed by atoms with Crippen molar-refractivity contribution in [3.8, 4) is 11.5 Å². The first-order chi connectivity index (χ1) is 12.6. The van der Waals surface area contributed by atoms with Crippen molar-refractivity contribution < 1.29 is 19.1 Å². The van der Waals surface area contributed by atoms with Crippen LogP contribution in [0.4, 0.5) is 0 Å². The fourth-order valence-corrected chi connectivity index (χ4v) is 2.12. The van der Waals surface area contributed by atoms with Crippen molar-refractivity contribution in [2.24, 2.45) is 0 Å². The SMILES string of the molecule is CCOc1ccc(/C=C/C(=O)NNC(=O)COc2ccccc2Cl)cc1. The van der Waals surface area contributed by atoms with Gasteiger partial charge in [-0.1, -0.05) is 35.9 Å². The summed E-state index contributed by atoms with van der Waals surface area (Å²) in [5.41, 5.74) is 5.36. The van der Waals surface area contributed by atoms with Crippen LogP contribution in [0.2, 0.25) is 5.02 Å². The number of hydrazine groups is 1. The largest absolute Gasteiger partial charge is 0.494 e. The zero-order valence-corrected chi connectivity index (χ0v) is 15.0. The van der Waals surface area contributed by atoms with Gasteiger partial charge in [0.2, 0.25) is 0 Å². The third-order valence-corrected chi connectivity index (χ3v) is 3.45. The van der Waals surface area contributed by atoms with Crippen molar-refractivity contribution in [2.45, 2.75) is 6.92 Å². The van der Waals surface area contributed by atoms with Gasteiger partial charge in [0, 0.05) is 6.08 Å². The molecule has 0 radical (unpaired) electrons. The number of halogens is 1. The first-order valence-electron chi connectivity index (χ1n) is 7.95. The fourth-order valence-electron chi connectivity index (χ4n) is 1.93.